The predicted molar refractivity (Wildman–Crippen MR) is 102 cm³/mol. The van der Waals surface area contributed by atoms with Gasteiger partial charge in [-0.1, -0.05) is 29.8 Å². The van der Waals surface area contributed by atoms with Crippen LogP contribution in [-0.2, 0) is 4.74 Å². The number of amides is 1. The topological polar surface area (TPSA) is 50.8 Å². The van der Waals surface area contributed by atoms with Gasteiger partial charge in [-0.15, -0.1) is 0 Å². The van der Waals surface area contributed by atoms with Crippen LogP contribution in [0.4, 0.5) is 4.39 Å². The van der Waals surface area contributed by atoms with Crippen LogP contribution in [0, 0.1) is 12.7 Å². The highest BCUT2D eigenvalue weighted by atomic mass is 19.1. The second-order valence-electron chi connectivity index (χ2n) is 6.70. The van der Waals surface area contributed by atoms with E-state index in [0.29, 0.717) is 19.8 Å². The fourth-order valence-electron chi connectivity index (χ4n) is 3.12. The minimum Gasteiger partial charge on any atom is -0.494 e. The molecule has 1 aliphatic heterocycles. The number of halogens is 1. The maximum atomic E-state index is 14.0. The minimum absolute atomic E-state index is 0.120. The van der Waals surface area contributed by atoms with Crippen molar-refractivity contribution in [1.29, 1.82) is 0 Å². The summed E-state index contributed by atoms with van der Waals surface area (Å²) < 4.78 is 24.3. The molecule has 0 bridgehead atoms. The van der Waals surface area contributed by atoms with Crippen molar-refractivity contribution in [2.45, 2.75) is 13.0 Å². The number of hydrogen-bond acceptors (Lipinski definition) is 4. The van der Waals surface area contributed by atoms with E-state index < -0.39 is 5.82 Å². The highest BCUT2D eigenvalue weighted by molar-refractivity contribution is 5.94. The third kappa shape index (κ3) is 5.05. The summed E-state index contributed by atoms with van der Waals surface area (Å²) in [5, 5.41) is 3.05. The Morgan fingerprint density at radius 1 is 1.22 bits per heavy atom. The van der Waals surface area contributed by atoms with Gasteiger partial charge in [0.2, 0.25) is 0 Å². The number of morpholine rings is 1. The van der Waals surface area contributed by atoms with Gasteiger partial charge in [0.25, 0.3) is 5.91 Å². The zero-order valence-corrected chi connectivity index (χ0v) is 15.7. The molecule has 27 heavy (non-hydrogen) atoms. The smallest absolute Gasteiger partial charge is 0.251 e. The van der Waals surface area contributed by atoms with E-state index in [1.54, 1.807) is 6.07 Å². The number of rotatable bonds is 6. The fraction of sp³-hybridized carbons (Fsp3) is 0.381. The largest absolute Gasteiger partial charge is 0.494 e. The molecular formula is C21H25FN2O3. The van der Waals surface area contributed by atoms with Crippen LogP contribution in [0.25, 0.3) is 0 Å². The van der Waals surface area contributed by atoms with Crippen LogP contribution in [0.15, 0.2) is 42.5 Å². The molecule has 1 N–H and O–H groups in total. The zero-order chi connectivity index (χ0) is 19.2. The van der Waals surface area contributed by atoms with Gasteiger partial charge in [0.15, 0.2) is 11.6 Å². The lowest BCUT2D eigenvalue weighted by atomic mass is 10.0. The number of ether oxygens (including phenoxy) is 2. The van der Waals surface area contributed by atoms with Crippen molar-refractivity contribution in [3.8, 4) is 5.75 Å². The van der Waals surface area contributed by atoms with Gasteiger partial charge in [0, 0.05) is 25.2 Å². The van der Waals surface area contributed by atoms with Crippen molar-refractivity contribution >= 4 is 5.91 Å². The molecule has 0 spiro atoms. The zero-order valence-electron chi connectivity index (χ0n) is 15.7. The lowest BCUT2D eigenvalue weighted by molar-refractivity contribution is 0.0332. The summed E-state index contributed by atoms with van der Waals surface area (Å²) in [7, 11) is 1.40. The molecule has 2 aromatic rings. The Morgan fingerprint density at radius 3 is 2.56 bits per heavy atom. The van der Waals surface area contributed by atoms with E-state index in [0.717, 1.165) is 24.2 Å². The average Bonchev–Trinajstić information content (AvgIpc) is 2.68. The molecule has 0 aliphatic carbocycles. The molecule has 5 nitrogen and oxygen atoms in total. The highest BCUT2D eigenvalue weighted by Gasteiger charge is 2.21. The van der Waals surface area contributed by atoms with Crippen molar-refractivity contribution in [3.05, 3.63) is 65.0 Å². The first-order chi connectivity index (χ1) is 13.1. The number of aryl methyl sites for hydroxylation is 1. The molecule has 1 atom stereocenters. The van der Waals surface area contributed by atoms with Crippen molar-refractivity contribution < 1.29 is 18.7 Å². The van der Waals surface area contributed by atoms with Crippen molar-refractivity contribution in [2.24, 2.45) is 0 Å². The Hall–Kier alpha value is -2.44. The third-order valence-electron chi connectivity index (χ3n) is 4.74. The SMILES string of the molecule is COc1ccc(C(=O)NC(CN2CCOCC2)c2ccc(C)cc2)cc1F. The Kier molecular flexibility index (Phi) is 6.42. The number of nitrogens with zero attached hydrogens (tertiary/aromatic N) is 1. The Morgan fingerprint density at radius 2 is 1.93 bits per heavy atom. The Bertz CT molecular complexity index is 773. The summed E-state index contributed by atoms with van der Waals surface area (Å²) in [6, 6.07) is 12.1. The number of carbonyl (C=O) groups excluding carboxylic acids is 1. The third-order valence-corrected chi connectivity index (χ3v) is 4.74. The van der Waals surface area contributed by atoms with E-state index >= 15 is 0 Å². The number of methoxy groups -OCH3 is 1. The van der Waals surface area contributed by atoms with E-state index in [9.17, 15) is 9.18 Å². The van der Waals surface area contributed by atoms with Gasteiger partial charge in [-0.05, 0) is 30.7 Å². The van der Waals surface area contributed by atoms with Crippen molar-refractivity contribution in [2.75, 3.05) is 40.0 Å². The summed E-state index contributed by atoms with van der Waals surface area (Å²) in [6.07, 6.45) is 0. The Labute approximate surface area is 159 Å². The first-order valence-corrected chi connectivity index (χ1v) is 9.08. The second-order valence-corrected chi connectivity index (χ2v) is 6.70. The molecule has 1 heterocycles. The molecule has 2 aromatic carbocycles. The van der Waals surface area contributed by atoms with Gasteiger partial charge in [-0.2, -0.15) is 0 Å². The van der Waals surface area contributed by atoms with Gasteiger partial charge >= 0.3 is 0 Å². The van der Waals surface area contributed by atoms with Crippen LogP contribution >= 0.6 is 0 Å². The lowest BCUT2D eigenvalue weighted by Crippen LogP contribution is -2.43. The summed E-state index contributed by atoms with van der Waals surface area (Å²) in [4.78, 5) is 15.0. The molecule has 0 radical (unpaired) electrons. The highest BCUT2D eigenvalue weighted by Crippen LogP contribution is 2.20. The quantitative estimate of drug-likeness (QED) is 0.847. The molecule has 1 unspecified atom stereocenters. The molecule has 1 aliphatic rings. The van der Waals surface area contributed by atoms with E-state index in [-0.39, 0.29) is 23.3 Å². The number of hydrogen-bond donors (Lipinski definition) is 1. The van der Waals surface area contributed by atoms with Crippen LogP contribution in [0.1, 0.15) is 27.5 Å². The van der Waals surface area contributed by atoms with Gasteiger partial charge < -0.3 is 14.8 Å². The number of nitrogens with one attached hydrogen (secondary N) is 1. The molecule has 1 fully saturated rings. The summed E-state index contributed by atoms with van der Waals surface area (Å²) in [5.41, 5.74) is 2.45. The summed E-state index contributed by atoms with van der Waals surface area (Å²) in [5.74, 6) is -0.740. The molecule has 3 rings (SSSR count). The number of benzene rings is 2. The van der Waals surface area contributed by atoms with Crippen LogP contribution in [-0.4, -0.2) is 50.8 Å². The van der Waals surface area contributed by atoms with Gasteiger partial charge in [-0.3, -0.25) is 9.69 Å². The van der Waals surface area contributed by atoms with Gasteiger partial charge in [0.1, 0.15) is 0 Å². The molecule has 144 valence electrons. The van der Waals surface area contributed by atoms with E-state index in [2.05, 4.69) is 10.2 Å². The molecule has 1 amide bonds. The van der Waals surface area contributed by atoms with Crippen LogP contribution in [0.2, 0.25) is 0 Å². The van der Waals surface area contributed by atoms with Crippen molar-refractivity contribution in [1.82, 2.24) is 10.2 Å². The fourth-order valence-corrected chi connectivity index (χ4v) is 3.12. The summed E-state index contributed by atoms with van der Waals surface area (Å²) in [6.45, 7) is 5.75. The molecular weight excluding hydrogens is 347 g/mol. The van der Waals surface area contributed by atoms with Crippen LogP contribution < -0.4 is 10.1 Å². The van der Waals surface area contributed by atoms with Crippen molar-refractivity contribution in [3.63, 3.8) is 0 Å². The average molecular weight is 372 g/mol. The van der Waals surface area contributed by atoms with Gasteiger partial charge in [-0.25, -0.2) is 4.39 Å². The van der Waals surface area contributed by atoms with E-state index in [4.69, 9.17) is 9.47 Å². The van der Waals surface area contributed by atoms with Gasteiger partial charge in [0.05, 0.1) is 26.4 Å². The molecule has 6 heteroatoms. The number of carbonyl (C=O) groups is 1. The minimum atomic E-state index is -0.551. The Balaban J connectivity index is 1.78. The monoisotopic (exact) mass is 372 g/mol. The predicted octanol–water partition coefficient (Wildman–Crippen LogP) is 2.95. The summed E-state index contributed by atoms with van der Waals surface area (Å²) >= 11 is 0. The normalized spacial score (nSPS) is 16.0. The lowest BCUT2D eigenvalue weighted by Gasteiger charge is -2.31. The standard InChI is InChI=1S/C21H25FN2O3/c1-15-3-5-16(6-4-15)19(14-24-9-11-27-12-10-24)23-21(25)17-7-8-20(26-2)18(22)13-17/h3-8,13,19H,9-12,14H2,1-2H3,(H,23,25). The maximum absolute atomic E-state index is 14.0. The molecule has 0 aromatic heterocycles. The van der Waals surface area contributed by atoms with Crippen LogP contribution in [0.3, 0.4) is 0 Å². The van der Waals surface area contributed by atoms with Crippen LogP contribution in [0.5, 0.6) is 5.75 Å². The second kappa shape index (κ2) is 8.97. The first kappa shape index (κ1) is 19.3. The first-order valence-electron chi connectivity index (χ1n) is 9.08. The van der Waals surface area contributed by atoms with E-state index in [1.165, 1.54) is 19.2 Å². The maximum Gasteiger partial charge on any atom is 0.251 e. The van der Waals surface area contributed by atoms with E-state index in [1.807, 2.05) is 31.2 Å². The molecule has 1 saturated heterocycles. The molecule has 0 saturated carbocycles.